The molecule has 0 radical (unpaired) electrons. The molecule has 0 bridgehead atoms. The van der Waals surface area contributed by atoms with E-state index in [1.54, 1.807) is 18.2 Å². The molecule has 29 heavy (non-hydrogen) atoms. The number of benzene rings is 1. The van der Waals surface area contributed by atoms with Crippen molar-refractivity contribution in [3.63, 3.8) is 0 Å². The summed E-state index contributed by atoms with van der Waals surface area (Å²) >= 11 is 0. The molecule has 2 fully saturated rings. The van der Waals surface area contributed by atoms with E-state index < -0.39 is 10.0 Å². The molecule has 1 aromatic carbocycles. The van der Waals surface area contributed by atoms with Crippen LogP contribution in [0.5, 0.6) is 0 Å². The highest BCUT2D eigenvalue weighted by atomic mass is 32.2. The van der Waals surface area contributed by atoms with Crippen LogP contribution in [0.4, 0.5) is 0 Å². The second-order valence-electron chi connectivity index (χ2n) is 7.78. The first kappa shape index (κ1) is 22.2. The van der Waals surface area contributed by atoms with Crippen molar-refractivity contribution < 1.29 is 17.9 Å². The van der Waals surface area contributed by atoms with Crippen molar-refractivity contribution in [2.45, 2.75) is 50.5 Å². The summed E-state index contributed by atoms with van der Waals surface area (Å²) in [5, 5.41) is 3.10. The summed E-state index contributed by atoms with van der Waals surface area (Å²) in [4.78, 5) is 15.5. The summed E-state index contributed by atoms with van der Waals surface area (Å²) < 4.78 is 33.1. The lowest BCUT2D eigenvalue weighted by Gasteiger charge is -2.32. The maximum atomic E-state index is 13.2. The van der Waals surface area contributed by atoms with E-state index >= 15 is 0 Å². The average molecular weight is 424 g/mol. The lowest BCUT2D eigenvalue weighted by atomic mass is 10.0. The number of ether oxygens (including phenoxy) is 1. The normalized spacial score (nSPS) is 19.9. The van der Waals surface area contributed by atoms with Crippen LogP contribution in [0.25, 0.3) is 0 Å². The summed E-state index contributed by atoms with van der Waals surface area (Å²) in [6.07, 6.45) is 3.59. The smallest absolute Gasteiger partial charge is 0.251 e. The van der Waals surface area contributed by atoms with Gasteiger partial charge in [0, 0.05) is 37.8 Å². The quantitative estimate of drug-likeness (QED) is 0.724. The molecule has 2 heterocycles. The summed E-state index contributed by atoms with van der Waals surface area (Å²) in [6, 6.07) is 5.19. The molecule has 0 atom stereocenters. The zero-order chi connectivity index (χ0) is 20.9. The van der Waals surface area contributed by atoms with E-state index in [-0.39, 0.29) is 16.8 Å². The Kier molecular flexibility index (Phi) is 7.67. The monoisotopic (exact) mass is 423 g/mol. The number of morpholine rings is 1. The number of carbonyl (C=O) groups is 1. The molecule has 0 aliphatic carbocycles. The fourth-order valence-electron chi connectivity index (χ4n) is 4.04. The van der Waals surface area contributed by atoms with Crippen LogP contribution >= 0.6 is 0 Å². The topological polar surface area (TPSA) is 79.0 Å². The lowest BCUT2D eigenvalue weighted by Crippen LogP contribution is -2.44. The predicted molar refractivity (Wildman–Crippen MR) is 113 cm³/mol. The molecule has 2 aliphatic heterocycles. The molecule has 0 saturated carbocycles. The maximum absolute atomic E-state index is 13.2. The fraction of sp³-hybridized carbons (Fsp3) is 0.667. The van der Waals surface area contributed by atoms with Gasteiger partial charge >= 0.3 is 0 Å². The molecule has 1 N–H and O–H groups in total. The standard InChI is InChI=1S/C21H33N3O4S/c1-3-9-23-10-7-19(8-11-23)22-21(25)18-6-5-17(4-2)20(16-18)29(26,27)24-12-14-28-15-13-24/h5-6,16,19H,3-4,7-15H2,1-2H3,(H,22,25). The van der Waals surface area contributed by atoms with Crippen LogP contribution in [0.2, 0.25) is 0 Å². The van der Waals surface area contributed by atoms with Crippen LogP contribution in [0.1, 0.15) is 49.0 Å². The van der Waals surface area contributed by atoms with Crippen molar-refractivity contribution in [1.29, 1.82) is 0 Å². The SMILES string of the molecule is CCCN1CCC(NC(=O)c2ccc(CC)c(S(=O)(=O)N3CCOCC3)c2)CC1. The average Bonchev–Trinajstić information content (AvgIpc) is 2.75. The number of likely N-dealkylation sites (tertiary alicyclic amines) is 1. The number of rotatable bonds is 7. The number of hydrogen-bond acceptors (Lipinski definition) is 5. The van der Waals surface area contributed by atoms with Crippen molar-refractivity contribution in [1.82, 2.24) is 14.5 Å². The Balaban J connectivity index is 1.73. The van der Waals surface area contributed by atoms with Crippen LogP contribution in [-0.2, 0) is 21.2 Å². The Morgan fingerprint density at radius 1 is 1.14 bits per heavy atom. The molecule has 1 aromatic rings. The number of sulfonamides is 1. The van der Waals surface area contributed by atoms with E-state index in [0.29, 0.717) is 38.3 Å². The van der Waals surface area contributed by atoms with Gasteiger partial charge in [0.05, 0.1) is 18.1 Å². The second-order valence-corrected chi connectivity index (χ2v) is 9.69. The van der Waals surface area contributed by atoms with Gasteiger partial charge in [0.25, 0.3) is 5.91 Å². The summed E-state index contributed by atoms with van der Waals surface area (Å²) in [6.45, 7) is 8.68. The van der Waals surface area contributed by atoms with E-state index in [1.165, 1.54) is 4.31 Å². The maximum Gasteiger partial charge on any atom is 0.251 e. The van der Waals surface area contributed by atoms with E-state index in [2.05, 4.69) is 17.1 Å². The third-order valence-corrected chi connectivity index (χ3v) is 7.74. The van der Waals surface area contributed by atoms with Gasteiger partial charge in [-0.05, 0) is 49.9 Å². The molecular formula is C21H33N3O4S. The Bertz CT molecular complexity index is 798. The van der Waals surface area contributed by atoms with Crippen molar-refractivity contribution in [2.24, 2.45) is 0 Å². The van der Waals surface area contributed by atoms with E-state index in [0.717, 1.165) is 44.5 Å². The fourth-order valence-corrected chi connectivity index (χ4v) is 5.77. The number of carbonyl (C=O) groups excluding carboxylic acids is 1. The first-order chi connectivity index (χ1) is 14.0. The van der Waals surface area contributed by atoms with E-state index in [4.69, 9.17) is 4.74 Å². The minimum atomic E-state index is -3.64. The predicted octanol–water partition coefficient (Wildman–Crippen LogP) is 1.87. The van der Waals surface area contributed by atoms with Crippen LogP contribution in [0, 0.1) is 0 Å². The van der Waals surface area contributed by atoms with Crippen molar-refractivity contribution >= 4 is 15.9 Å². The van der Waals surface area contributed by atoms with Gasteiger partial charge in [-0.2, -0.15) is 4.31 Å². The van der Waals surface area contributed by atoms with Crippen molar-refractivity contribution in [3.05, 3.63) is 29.3 Å². The van der Waals surface area contributed by atoms with Gasteiger partial charge in [-0.25, -0.2) is 8.42 Å². The van der Waals surface area contributed by atoms with Gasteiger partial charge < -0.3 is 15.0 Å². The lowest BCUT2D eigenvalue weighted by molar-refractivity contribution is 0.0730. The first-order valence-electron chi connectivity index (χ1n) is 10.7. The van der Waals surface area contributed by atoms with Crippen molar-refractivity contribution in [3.8, 4) is 0 Å². The molecule has 7 nitrogen and oxygen atoms in total. The van der Waals surface area contributed by atoms with Crippen LogP contribution in [0.3, 0.4) is 0 Å². The molecule has 0 spiro atoms. The molecule has 162 valence electrons. The van der Waals surface area contributed by atoms with Gasteiger partial charge in [-0.1, -0.05) is 19.9 Å². The largest absolute Gasteiger partial charge is 0.379 e. The zero-order valence-corrected chi connectivity index (χ0v) is 18.3. The minimum absolute atomic E-state index is 0.140. The number of nitrogens with zero attached hydrogens (tertiary/aromatic N) is 2. The van der Waals surface area contributed by atoms with Crippen LogP contribution in [-0.4, -0.2) is 75.5 Å². The van der Waals surface area contributed by atoms with E-state index in [1.807, 2.05) is 6.92 Å². The summed E-state index contributed by atoms with van der Waals surface area (Å²) in [5.41, 5.74) is 1.14. The Labute approximate surface area is 174 Å². The number of piperidine rings is 1. The third kappa shape index (κ3) is 5.36. The van der Waals surface area contributed by atoms with Gasteiger partial charge in [0.15, 0.2) is 0 Å². The molecule has 0 unspecified atom stereocenters. The van der Waals surface area contributed by atoms with Crippen molar-refractivity contribution in [2.75, 3.05) is 45.9 Å². The van der Waals surface area contributed by atoms with Gasteiger partial charge in [-0.3, -0.25) is 4.79 Å². The number of amides is 1. The van der Waals surface area contributed by atoms with Gasteiger partial charge in [-0.15, -0.1) is 0 Å². The van der Waals surface area contributed by atoms with Gasteiger partial charge in [0.1, 0.15) is 0 Å². The molecule has 1 amide bonds. The highest BCUT2D eigenvalue weighted by Gasteiger charge is 2.29. The Morgan fingerprint density at radius 3 is 2.45 bits per heavy atom. The summed E-state index contributed by atoms with van der Waals surface area (Å²) in [5.74, 6) is -0.194. The minimum Gasteiger partial charge on any atom is -0.379 e. The van der Waals surface area contributed by atoms with E-state index in [9.17, 15) is 13.2 Å². The number of nitrogens with one attached hydrogen (secondary N) is 1. The molecule has 2 aliphatic rings. The number of hydrogen-bond donors (Lipinski definition) is 1. The third-order valence-electron chi connectivity index (χ3n) is 5.76. The molecule has 0 aromatic heterocycles. The van der Waals surface area contributed by atoms with Crippen LogP contribution < -0.4 is 5.32 Å². The van der Waals surface area contributed by atoms with Gasteiger partial charge in [0.2, 0.25) is 10.0 Å². The highest BCUT2D eigenvalue weighted by Crippen LogP contribution is 2.24. The Morgan fingerprint density at radius 2 is 1.83 bits per heavy atom. The van der Waals surface area contributed by atoms with Crippen LogP contribution in [0.15, 0.2) is 23.1 Å². The molecule has 2 saturated heterocycles. The molecule has 8 heteroatoms. The molecular weight excluding hydrogens is 390 g/mol. The summed E-state index contributed by atoms with van der Waals surface area (Å²) in [7, 11) is -3.64. The first-order valence-corrected chi connectivity index (χ1v) is 12.1. The Hall–Kier alpha value is -1.48. The number of aryl methyl sites for hydroxylation is 1. The highest BCUT2D eigenvalue weighted by molar-refractivity contribution is 7.89. The zero-order valence-electron chi connectivity index (χ0n) is 17.5. The second kappa shape index (κ2) is 10.0. The molecule has 3 rings (SSSR count).